The predicted octanol–water partition coefficient (Wildman–Crippen LogP) is 2.28. The number of fused-ring (bicyclic) bond motifs is 1. The summed E-state index contributed by atoms with van der Waals surface area (Å²) < 4.78 is 32.3. The molecule has 3 heterocycles. The van der Waals surface area contributed by atoms with Crippen LogP contribution in [0.1, 0.15) is 36.0 Å². The van der Waals surface area contributed by atoms with Gasteiger partial charge in [0.1, 0.15) is 0 Å². The summed E-state index contributed by atoms with van der Waals surface area (Å²) >= 11 is 0. The summed E-state index contributed by atoms with van der Waals surface area (Å²) in [5.74, 6) is -0.0547. The van der Waals surface area contributed by atoms with Crippen molar-refractivity contribution >= 4 is 26.8 Å². The smallest absolute Gasteiger partial charge is 0.253 e. The van der Waals surface area contributed by atoms with E-state index in [1.807, 2.05) is 24.3 Å². The molecule has 2 aliphatic heterocycles. The molecule has 2 saturated heterocycles. The fourth-order valence-electron chi connectivity index (χ4n) is 4.52. The van der Waals surface area contributed by atoms with E-state index >= 15 is 0 Å². The summed E-state index contributed by atoms with van der Waals surface area (Å²) in [5.41, 5.74) is 1.46. The van der Waals surface area contributed by atoms with E-state index in [9.17, 15) is 13.2 Å². The third kappa shape index (κ3) is 4.44. The van der Waals surface area contributed by atoms with Crippen molar-refractivity contribution < 1.29 is 17.9 Å². The van der Waals surface area contributed by atoms with Gasteiger partial charge in [-0.3, -0.25) is 9.78 Å². The standard InChI is InChI=1S/C21H27N3O4S/c1-29(26,27)24(18-8-12-28-13-9-18)19-5-3-11-23(15-19)21(25)17-6-7-20-16(14-17)4-2-10-22-20/h2,4,6-7,10,14,18-19H,3,5,8-9,11-13,15H2,1H3. The van der Waals surface area contributed by atoms with Crippen LogP contribution in [0.5, 0.6) is 0 Å². The van der Waals surface area contributed by atoms with Crippen LogP contribution in [0.25, 0.3) is 10.9 Å². The van der Waals surface area contributed by atoms with E-state index in [4.69, 9.17) is 4.74 Å². The van der Waals surface area contributed by atoms with Gasteiger partial charge in [0.25, 0.3) is 5.91 Å². The van der Waals surface area contributed by atoms with Crippen molar-refractivity contribution in [2.24, 2.45) is 0 Å². The Labute approximate surface area is 171 Å². The van der Waals surface area contributed by atoms with Crippen molar-refractivity contribution in [3.05, 3.63) is 42.1 Å². The van der Waals surface area contributed by atoms with Gasteiger partial charge in [-0.25, -0.2) is 8.42 Å². The number of nitrogens with zero attached hydrogens (tertiary/aromatic N) is 3. The fourth-order valence-corrected chi connectivity index (χ4v) is 5.98. The minimum Gasteiger partial charge on any atom is -0.381 e. The normalized spacial score (nSPS) is 21.6. The molecule has 29 heavy (non-hydrogen) atoms. The zero-order valence-electron chi connectivity index (χ0n) is 16.7. The van der Waals surface area contributed by atoms with Gasteiger partial charge in [0.05, 0.1) is 11.8 Å². The van der Waals surface area contributed by atoms with Crippen molar-refractivity contribution in [2.75, 3.05) is 32.6 Å². The van der Waals surface area contributed by atoms with E-state index < -0.39 is 10.0 Å². The number of benzene rings is 1. The highest BCUT2D eigenvalue weighted by Gasteiger charge is 2.37. The van der Waals surface area contributed by atoms with Gasteiger partial charge in [-0.15, -0.1) is 0 Å². The molecule has 7 nitrogen and oxygen atoms in total. The molecule has 1 atom stereocenters. The molecule has 1 amide bonds. The van der Waals surface area contributed by atoms with E-state index in [1.165, 1.54) is 6.26 Å². The van der Waals surface area contributed by atoms with Crippen LogP contribution in [-0.4, -0.2) is 73.2 Å². The lowest BCUT2D eigenvalue weighted by Crippen LogP contribution is -2.55. The zero-order chi connectivity index (χ0) is 20.4. The van der Waals surface area contributed by atoms with Crippen LogP contribution in [0.4, 0.5) is 0 Å². The molecule has 2 fully saturated rings. The largest absolute Gasteiger partial charge is 0.381 e. The Bertz CT molecular complexity index is 988. The van der Waals surface area contributed by atoms with Crippen LogP contribution in [0.15, 0.2) is 36.5 Å². The lowest BCUT2D eigenvalue weighted by molar-refractivity contribution is 0.0342. The Hall–Kier alpha value is -2.03. The average molecular weight is 418 g/mol. The Kier molecular flexibility index (Phi) is 5.85. The second-order valence-electron chi connectivity index (χ2n) is 7.89. The molecule has 1 aromatic carbocycles. The molecule has 1 unspecified atom stereocenters. The Morgan fingerprint density at radius 3 is 2.72 bits per heavy atom. The van der Waals surface area contributed by atoms with E-state index in [1.54, 1.807) is 21.5 Å². The molecule has 0 spiro atoms. The van der Waals surface area contributed by atoms with Crippen molar-refractivity contribution in [2.45, 2.75) is 37.8 Å². The number of aromatic nitrogens is 1. The van der Waals surface area contributed by atoms with E-state index in [-0.39, 0.29) is 18.0 Å². The number of amides is 1. The molecule has 0 aliphatic carbocycles. The minimum atomic E-state index is -3.38. The first-order valence-corrected chi connectivity index (χ1v) is 12.0. The van der Waals surface area contributed by atoms with E-state index in [0.717, 1.165) is 23.7 Å². The first-order valence-electron chi connectivity index (χ1n) is 10.1. The topological polar surface area (TPSA) is 79.8 Å². The van der Waals surface area contributed by atoms with Crippen LogP contribution in [0.3, 0.4) is 0 Å². The molecule has 8 heteroatoms. The monoisotopic (exact) mass is 417 g/mol. The minimum absolute atomic E-state index is 0.0504. The van der Waals surface area contributed by atoms with Crippen LogP contribution in [-0.2, 0) is 14.8 Å². The number of piperidine rings is 1. The number of likely N-dealkylation sites (tertiary alicyclic amines) is 1. The number of carbonyl (C=O) groups excluding carboxylic acids is 1. The van der Waals surface area contributed by atoms with Gasteiger partial charge in [-0.1, -0.05) is 6.07 Å². The fraction of sp³-hybridized carbons (Fsp3) is 0.524. The number of hydrogen-bond donors (Lipinski definition) is 0. The maximum Gasteiger partial charge on any atom is 0.253 e. The average Bonchev–Trinajstić information content (AvgIpc) is 2.73. The van der Waals surface area contributed by atoms with E-state index in [2.05, 4.69) is 4.98 Å². The van der Waals surface area contributed by atoms with E-state index in [0.29, 0.717) is 44.7 Å². The molecular weight excluding hydrogens is 390 g/mol. The van der Waals surface area contributed by atoms with Gasteiger partial charge < -0.3 is 9.64 Å². The van der Waals surface area contributed by atoms with Crippen LogP contribution in [0.2, 0.25) is 0 Å². The first kappa shape index (κ1) is 20.3. The Balaban J connectivity index is 1.55. The summed E-state index contributed by atoms with van der Waals surface area (Å²) in [7, 11) is -3.38. The van der Waals surface area contributed by atoms with Crippen molar-refractivity contribution in [3.8, 4) is 0 Å². The first-order chi connectivity index (χ1) is 13.9. The molecular formula is C21H27N3O4S. The SMILES string of the molecule is CS(=O)(=O)N(C1CCOCC1)C1CCCN(C(=O)c2ccc3ncccc3c2)C1. The summed E-state index contributed by atoms with van der Waals surface area (Å²) in [6.45, 7) is 2.23. The maximum atomic E-state index is 13.2. The highest BCUT2D eigenvalue weighted by atomic mass is 32.2. The van der Waals surface area contributed by atoms with Gasteiger partial charge >= 0.3 is 0 Å². The number of rotatable bonds is 4. The zero-order valence-corrected chi connectivity index (χ0v) is 17.5. The van der Waals surface area contributed by atoms with Gasteiger partial charge in [-0.05, 0) is 49.9 Å². The third-order valence-corrected chi connectivity index (χ3v) is 7.19. The summed E-state index contributed by atoms with van der Waals surface area (Å²) in [5, 5.41) is 0.923. The van der Waals surface area contributed by atoms with Crippen molar-refractivity contribution in [3.63, 3.8) is 0 Å². The van der Waals surface area contributed by atoms with Crippen molar-refractivity contribution in [1.29, 1.82) is 0 Å². The third-order valence-electron chi connectivity index (χ3n) is 5.83. The summed E-state index contributed by atoms with van der Waals surface area (Å²) in [6.07, 6.45) is 5.98. The van der Waals surface area contributed by atoms with Crippen molar-refractivity contribution in [1.82, 2.24) is 14.2 Å². The Morgan fingerprint density at radius 2 is 1.97 bits per heavy atom. The van der Waals surface area contributed by atoms with Gasteiger partial charge in [0, 0.05) is 55.5 Å². The molecule has 2 aliphatic rings. The highest BCUT2D eigenvalue weighted by molar-refractivity contribution is 7.88. The molecule has 2 aromatic rings. The highest BCUT2D eigenvalue weighted by Crippen LogP contribution is 2.27. The number of hydrogen-bond acceptors (Lipinski definition) is 5. The molecule has 0 bridgehead atoms. The van der Waals surface area contributed by atoms with Gasteiger partial charge in [-0.2, -0.15) is 4.31 Å². The summed E-state index contributed by atoms with van der Waals surface area (Å²) in [6, 6.07) is 9.07. The molecule has 0 N–H and O–H groups in total. The predicted molar refractivity (Wildman–Crippen MR) is 111 cm³/mol. The second kappa shape index (κ2) is 8.38. The van der Waals surface area contributed by atoms with Crippen LogP contribution in [0, 0.1) is 0 Å². The Morgan fingerprint density at radius 1 is 1.17 bits per heavy atom. The lowest BCUT2D eigenvalue weighted by atomic mass is 10.0. The number of carbonyl (C=O) groups is 1. The lowest BCUT2D eigenvalue weighted by Gasteiger charge is -2.42. The molecule has 156 valence electrons. The molecule has 0 saturated carbocycles. The molecule has 1 aromatic heterocycles. The quantitative estimate of drug-likeness (QED) is 0.763. The molecule has 4 rings (SSSR count). The summed E-state index contributed by atoms with van der Waals surface area (Å²) in [4.78, 5) is 19.2. The van der Waals surface area contributed by atoms with Gasteiger partial charge in [0.2, 0.25) is 10.0 Å². The van der Waals surface area contributed by atoms with Crippen LogP contribution < -0.4 is 0 Å². The maximum absolute atomic E-state index is 13.2. The van der Waals surface area contributed by atoms with Gasteiger partial charge in [0.15, 0.2) is 0 Å². The molecule has 0 radical (unpaired) electrons. The second-order valence-corrected chi connectivity index (χ2v) is 9.78. The number of ether oxygens (including phenoxy) is 1. The number of pyridine rings is 1. The van der Waals surface area contributed by atoms with Crippen LogP contribution >= 0.6 is 0 Å². The number of sulfonamides is 1.